The maximum atomic E-state index is 11.0. The Balaban J connectivity index is 2.11. The summed E-state index contributed by atoms with van der Waals surface area (Å²) in [5, 5.41) is 3.71. The van der Waals surface area contributed by atoms with Gasteiger partial charge in [-0.15, -0.1) is 0 Å². The quantitative estimate of drug-likeness (QED) is 0.745. The third-order valence-electron chi connectivity index (χ3n) is 3.03. The van der Waals surface area contributed by atoms with Crippen molar-refractivity contribution in [3.8, 4) is 0 Å². The lowest BCUT2D eigenvalue weighted by atomic mass is 10.1. The number of rotatable bonds is 5. The molecule has 0 aliphatic heterocycles. The molecule has 17 heavy (non-hydrogen) atoms. The van der Waals surface area contributed by atoms with Crippen LogP contribution in [-0.2, 0) is 0 Å². The highest BCUT2D eigenvalue weighted by Crippen LogP contribution is 2.34. The molecule has 0 radical (unpaired) electrons. The molecule has 1 aliphatic carbocycles. The second-order valence-corrected chi connectivity index (χ2v) is 4.79. The van der Waals surface area contributed by atoms with Crippen LogP contribution in [0.25, 0.3) is 0 Å². The summed E-state index contributed by atoms with van der Waals surface area (Å²) in [7, 11) is 0. The highest BCUT2D eigenvalue weighted by atomic mass is 35.5. The van der Waals surface area contributed by atoms with Crippen molar-refractivity contribution in [1.29, 1.82) is 0 Å². The van der Waals surface area contributed by atoms with Crippen molar-refractivity contribution in [1.82, 2.24) is 0 Å². The average molecular weight is 254 g/mol. The van der Waals surface area contributed by atoms with Crippen molar-refractivity contribution in [2.75, 3.05) is 11.9 Å². The molecule has 1 amide bonds. The van der Waals surface area contributed by atoms with Gasteiger partial charge in [0.1, 0.15) is 0 Å². The largest absolute Gasteiger partial charge is 0.381 e. The Kier molecular flexibility index (Phi) is 3.54. The molecule has 1 aliphatic rings. The van der Waals surface area contributed by atoms with Gasteiger partial charge in [0.15, 0.2) is 0 Å². The van der Waals surface area contributed by atoms with Crippen molar-refractivity contribution in [2.24, 2.45) is 17.4 Å². The zero-order chi connectivity index (χ0) is 12.4. The van der Waals surface area contributed by atoms with E-state index in [1.165, 1.54) is 12.8 Å². The van der Waals surface area contributed by atoms with Crippen molar-refractivity contribution >= 4 is 23.2 Å². The van der Waals surface area contributed by atoms with Crippen LogP contribution in [-0.4, -0.2) is 18.5 Å². The number of halogens is 1. The van der Waals surface area contributed by atoms with Crippen LogP contribution in [0.1, 0.15) is 23.2 Å². The second kappa shape index (κ2) is 4.94. The average Bonchev–Trinajstić information content (AvgIpc) is 3.09. The second-order valence-electron chi connectivity index (χ2n) is 4.38. The third kappa shape index (κ3) is 2.90. The number of benzene rings is 1. The summed E-state index contributed by atoms with van der Waals surface area (Å²) in [6.45, 7) is 0.597. The van der Waals surface area contributed by atoms with Crippen molar-refractivity contribution < 1.29 is 4.79 Å². The van der Waals surface area contributed by atoms with E-state index < -0.39 is 5.91 Å². The zero-order valence-corrected chi connectivity index (χ0v) is 10.2. The summed E-state index contributed by atoms with van der Waals surface area (Å²) in [5.41, 5.74) is 12.1. The number of amides is 1. The SMILES string of the molecule is NCC(Nc1ccc(C(N)=O)c(Cl)c1)C1CC1. The predicted molar refractivity (Wildman–Crippen MR) is 69.2 cm³/mol. The zero-order valence-electron chi connectivity index (χ0n) is 9.45. The number of nitrogens with one attached hydrogen (secondary N) is 1. The van der Waals surface area contributed by atoms with Gasteiger partial charge >= 0.3 is 0 Å². The van der Waals surface area contributed by atoms with E-state index >= 15 is 0 Å². The molecule has 1 aromatic carbocycles. The van der Waals surface area contributed by atoms with Crippen LogP contribution in [0.3, 0.4) is 0 Å². The first-order valence-electron chi connectivity index (χ1n) is 5.67. The summed E-state index contributed by atoms with van der Waals surface area (Å²) in [5.74, 6) is 0.147. The van der Waals surface area contributed by atoms with Gasteiger partial charge in [-0.05, 0) is 37.0 Å². The first-order chi connectivity index (χ1) is 8.11. The molecule has 5 N–H and O–H groups in total. The Morgan fingerprint density at radius 2 is 2.24 bits per heavy atom. The molecule has 1 fully saturated rings. The number of hydrogen-bond acceptors (Lipinski definition) is 3. The maximum Gasteiger partial charge on any atom is 0.250 e. The molecule has 0 aromatic heterocycles. The first kappa shape index (κ1) is 12.2. The lowest BCUT2D eigenvalue weighted by Crippen LogP contribution is -2.30. The molecular formula is C12H16ClN3O. The number of carbonyl (C=O) groups excluding carboxylic acids is 1. The summed E-state index contributed by atoms with van der Waals surface area (Å²) >= 11 is 5.97. The number of anilines is 1. The van der Waals surface area contributed by atoms with Crippen molar-refractivity contribution in [3.05, 3.63) is 28.8 Å². The van der Waals surface area contributed by atoms with Crippen LogP contribution in [0.15, 0.2) is 18.2 Å². The Morgan fingerprint density at radius 1 is 1.53 bits per heavy atom. The molecule has 0 saturated heterocycles. The van der Waals surface area contributed by atoms with E-state index in [1.807, 2.05) is 0 Å². The summed E-state index contributed by atoms with van der Waals surface area (Å²) in [6.07, 6.45) is 2.45. The van der Waals surface area contributed by atoms with Gasteiger partial charge in [0.25, 0.3) is 0 Å². The first-order valence-corrected chi connectivity index (χ1v) is 6.05. The van der Waals surface area contributed by atoms with Crippen LogP contribution < -0.4 is 16.8 Å². The van der Waals surface area contributed by atoms with Crippen molar-refractivity contribution in [3.63, 3.8) is 0 Å². The fourth-order valence-electron chi connectivity index (χ4n) is 1.89. The molecule has 1 atom stereocenters. The maximum absolute atomic E-state index is 11.0. The van der Waals surface area contributed by atoms with Gasteiger partial charge in [0.2, 0.25) is 5.91 Å². The highest BCUT2D eigenvalue weighted by Gasteiger charge is 2.30. The minimum atomic E-state index is -0.515. The molecule has 0 bridgehead atoms. The number of nitrogens with two attached hydrogens (primary N) is 2. The molecule has 4 nitrogen and oxygen atoms in total. The predicted octanol–water partition coefficient (Wildman–Crippen LogP) is 1.59. The van der Waals surface area contributed by atoms with Crippen LogP contribution in [0, 0.1) is 5.92 Å². The Hall–Kier alpha value is -1.26. The van der Waals surface area contributed by atoms with Gasteiger partial charge in [0, 0.05) is 18.3 Å². The van der Waals surface area contributed by atoms with Crippen molar-refractivity contribution in [2.45, 2.75) is 18.9 Å². The van der Waals surface area contributed by atoms with Gasteiger partial charge in [-0.1, -0.05) is 11.6 Å². The van der Waals surface area contributed by atoms with E-state index in [-0.39, 0.29) is 6.04 Å². The minimum Gasteiger partial charge on any atom is -0.381 e. The van der Waals surface area contributed by atoms with Crippen LogP contribution >= 0.6 is 11.6 Å². The van der Waals surface area contributed by atoms with Crippen LogP contribution in [0.4, 0.5) is 5.69 Å². The van der Waals surface area contributed by atoms with E-state index in [4.69, 9.17) is 23.1 Å². The van der Waals surface area contributed by atoms with Gasteiger partial charge in [-0.25, -0.2) is 0 Å². The number of primary amides is 1. The Morgan fingerprint density at radius 3 is 2.71 bits per heavy atom. The molecule has 1 saturated carbocycles. The Labute approximate surface area is 105 Å². The van der Waals surface area contributed by atoms with E-state index in [2.05, 4.69) is 5.32 Å². The van der Waals surface area contributed by atoms with Gasteiger partial charge in [0.05, 0.1) is 10.6 Å². The van der Waals surface area contributed by atoms with Crippen LogP contribution in [0.5, 0.6) is 0 Å². The smallest absolute Gasteiger partial charge is 0.250 e. The monoisotopic (exact) mass is 253 g/mol. The number of hydrogen-bond donors (Lipinski definition) is 3. The topological polar surface area (TPSA) is 81.1 Å². The normalized spacial score (nSPS) is 16.6. The molecule has 2 rings (SSSR count). The van der Waals surface area contributed by atoms with E-state index in [1.54, 1.807) is 18.2 Å². The highest BCUT2D eigenvalue weighted by molar-refractivity contribution is 6.34. The van der Waals surface area contributed by atoms with E-state index in [0.717, 1.165) is 5.69 Å². The lowest BCUT2D eigenvalue weighted by molar-refractivity contribution is 0.100. The number of carbonyl (C=O) groups is 1. The minimum absolute atomic E-state index is 0.283. The molecule has 0 spiro atoms. The Bertz CT molecular complexity index is 432. The van der Waals surface area contributed by atoms with Gasteiger partial charge in [-0.3, -0.25) is 4.79 Å². The summed E-state index contributed by atoms with van der Waals surface area (Å²) < 4.78 is 0. The summed E-state index contributed by atoms with van der Waals surface area (Å²) in [4.78, 5) is 11.0. The molecule has 92 valence electrons. The molecule has 1 aromatic rings. The summed E-state index contributed by atoms with van der Waals surface area (Å²) in [6, 6.07) is 5.43. The standard InChI is InChI=1S/C12H16ClN3O/c13-10-5-8(3-4-9(10)12(15)17)16-11(6-14)7-1-2-7/h3-5,7,11,16H,1-2,6,14H2,(H2,15,17). The molecular weight excluding hydrogens is 238 g/mol. The molecule has 0 heterocycles. The molecule has 1 unspecified atom stereocenters. The molecule has 5 heteroatoms. The van der Waals surface area contributed by atoms with E-state index in [0.29, 0.717) is 23.0 Å². The van der Waals surface area contributed by atoms with Gasteiger partial charge in [-0.2, -0.15) is 0 Å². The fourth-order valence-corrected chi connectivity index (χ4v) is 2.16. The fraction of sp³-hybridized carbons (Fsp3) is 0.417. The van der Waals surface area contributed by atoms with Gasteiger partial charge < -0.3 is 16.8 Å². The van der Waals surface area contributed by atoms with Crippen LogP contribution in [0.2, 0.25) is 5.02 Å². The third-order valence-corrected chi connectivity index (χ3v) is 3.34. The lowest BCUT2D eigenvalue weighted by Gasteiger charge is -2.17. The van der Waals surface area contributed by atoms with E-state index in [9.17, 15) is 4.79 Å².